The number of aromatic nitrogens is 3. The summed E-state index contributed by atoms with van der Waals surface area (Å²) in [5.41, 5.74) is 18.3. The molecule has 280 valence electrons. The third-order valence-corrected chi connectivity index (χ3v) is 11.3. The Balaban J connectivity index is 1.22. The van der Waals surface area contributed by atoms with Gasteiger partial charge in [-0.05, 0) is 72.3 Å². The van der Waals surface area contributed by atoms with E-state index in [1.165, 1.54) is 26.9 Å². The van der Waals surface area contributed by atoms with Crippen molar-refractivity contribution >= 4 is 66.2 Å². The molecule has 0 unspecified atom stereocenters. The third kappa shape index (κ3) is 5.97. The monoisotopic (exact) mass is 758 g/mol. The van der Waals surface area contributed by atoms with Gasteiger partial charge in [-0.2, -0.15) is 0 Å². The molecule has 8 aromatic carbocycles. The van der Waals surface area contributed by atoms with Gasteiger partial charge in [0.2, 0.25) is 0 Å². The van der Waals surface area contributed by atoms with Crippen LogP contribution in [0.4, 0.5) is 0 Å². The van der Waals surface area contributed by atoms with Gasteiger partial charge < -0.3 is 19.4 Å². The van der Waals surface area contributed by atoms with Crippen molar-refractivity contribution in [3.8, 4) is 17.1 Å². The van der Waals surface area contributed by atoms with Crippen LogP contribution in [0, 0.1) is 0 Å². The highest BCUT2D eigenvalue weighted by atomic mass is 15.0. The van der Waals surface area contributed by atoms with Gasteiger partial charge in [-0.3, -0.25) is 4.99 Å². The number of para-hydroxylation sites is 4. The van der Waals surface area contributed by atoms with E-state index in [0.29, 0.717) is 18.2 Å². The third-order valence-electron chi connectivity index (χ3n) is 11.3. The molecular weight excluding hydrogens is 721 g/mol. The zero-order valence-electron chi connectivity index (χ0n) is 32.2. The molecule has 0 amide bonds. The number of nitrogens with zero attached hydrogens (tertiary/aromatic N) is 5. The van der Waals surface area contributed by atoms with Gasteiger partial charge in [0, 0.05) is 61.3 Å². The Bertz CT molecular complexity index is 3350. The van der Waals surface area contributed by atoms with Gasteiger partial charge in [-0.1, -0.05) is 133 Å². The lowest BCUT2D eigenvalue weighted by atomic mass is 10.1. The van der Waals surface area contributed by atoms with Crippen LogP contribution in [0.2, 0.25) is 0 Å². The fraction of sp³-hybridized carbons (Fsp3) is 0.0189. The van der Waals surface area contributed by atoms with Gasteiger partial charge in [0.25, 0.3) is 0 Å². The SMILES string of the molecule is NC(=NC(=NCc1ccccc1)c1cc(-n2c3ccccc3c3ccccc32)cc(-n2c3ccccc3c3cc4ccn(-c5ccccc5)c4cc32)c1)c1ccccc1. The maximum absolute atomic E-state index is 6.83. The minimum atomic E-state index is 0.405. The molecule has 0 radical (unpaired) electrons. The van der Waals surface area contributed by atoms with Gasteiger partial charge in [0.15, 0.2) is 5.84 Å². The lowest BCUT2D eigenvalue weighted by Gasteiger charge is -2.16. The highest BCUT2D eigenvalue weighted by molar-refractivity contribution is 6.15. The molecule has 0 atom stereocenters. The Kier molecular flexibility index (Phi) is 8.26. The molecule has 11 aromatic rings. The summed E-state index contributed by atoms with van der Waals surface area (Å²) in [6, 6.07) is 70.3. The number of nitrogens with two attached hydrogens (primary N) is 1. The largest absolute Gasteiger partial charge is 0.383 e. The highest BCUT2D eigenvalue weighted by Crippen LogP contribution is 2.38. The summed E-state index contributed by atoms with van der Waals surface area (Å²) in [5, 5.41) is 5.95. The van der Waals surface area contributed by atoms with Crippen molar-refractivity contribution in [2.24, 2.45) is 15.7 Å². The second kappa shape index (κ2) is 14.2. The van der Waals surface area contributed by atoms with E-state index >= 15 is 0 Å². The van der Waals surface area contributed by atoms with Crippen LogP contribution in [-0.4, -0.2) is 25.4 Å². The number of hydrogen-bond acceptors (Lipinski definition) is 1. The molecule has 3 aromatic heterocycles. The molecule has 0 bridgehead atoms. The molecule has 0 aliphatic rings. The quantitative estimate of drug-likeness (QED) is 0.128. The molecule has 0 fully saturated rings. The van der Waals surface area contributed by atoms with E-state index in [0.717, 1.165) is 61.3 Å². The van der Waals surface area contributed by atoms with Crippen LogP contribution in [0.1, 0.15) is 16.7 Å². The van der Waals surface area contributed by atoms with Crippen molar-refractivity contribution in [2.45, 2.75) is 6.54 Å². The van der Waals surface area contributed by atoms with Crippen LogP contribution in [0.25, 0.3) is 71.6 Å². The molecule has 59 heavy (non-hydrogen) atoms. The summed E-state index contributed by atoms with van der Waals surface area (Å²) >= 11 is 0. The first kappa shape index (κ1) is 34.3. The molecule has 11 rings (SSSR count). The molecule has 0 saturated carbocycles. The van der Waals surface area contributed by atoms with Crippen LogP contribution < -0.4 is 5.73 Å². The van der Waals surface area contributed by atoms with E-state index in [4.69, 9.17) is 15.7 Å². The number of rotatable bonds is 7. The maximum Gasteiger partial charge on any atom is 0.157 e. The average Bonchev–Trinajstić information content (AvgIpc) is 3.97. The summed E-state index contributed by atoms with van der Waals surface area (Å²) < 4.78 is 7.03. The lowest BCUT2D eigenvalue weighted by Crippen LogP contribution is -2.16. The van der Waals surface area contributed by atoms with Crippen LogP contribution in [0.3, 0.4) is 0 Å². The number of fused-ring (bicyclic) bond motifs is 7. The Labute approximate surface area is 341 Å². The molecule has 0 aliphatic heterocycles. The van der Waals surface area contributed by atoms with E-state index in [9.17, 15) is 0 Å². The van der Waals surface area contributed by atoms with Crippen molar-refractivity contribution in [3.05, 3.63) is 223 Å². The van der Waals surface area contributed by atoms with Gasteiger partial charge in [0.05, 0.1) is 34.1 Å². The van der Waals surface area contributed by atoms with E-state index in [1.54, 1.807) is 0 Å². The molecule has 0 saturated heterocycles. The summed E-state index contributed by atoms with van der Waals surface area (Å²) in [4.78, 5) is 10.4. The average molecular weight is 759 g/mol. The predicted molar refractivity (Wildman–Crippen MR) is 246 cm³/mol. The topological polar surface area (TPSA) is 65.5 Å². The summed E-state index contributed by atoms with van der Waals surface area (Å²) in [6.07, 6.45) is 2.16. The first-order valence-corrected chi connectivity index (χ1v) is 19.9. The minimum Gasteiger partial charge on any atom is -0.383 e. The first-order chi connectivity index (χ1) is 29.2. The molecule has 0 aliphatic carbocycles. The van der Waals surface area contributed by atoms with Gasteiger partial charge in [-0.25, -0.2) is 4.99 Å². The molecular formula is C53H38N6. The predicted octanol–water partition coefficient (Wildman–Crippen LogP) is 12.2. The highest BCUT2D eigenvalue weighted by Gasteiger charge is 2.20. The Morgan fingerprint density at radius 3 is 1.58 bits per heavy atom. The van der Waals surface area contributed by atoms with E-state index in [2.05, 4.69) is 172 Å². The minimum absolute atomic E-state index is 0.405. The van der Waals surface area contributed by atoms with E-state index in [1.807, 2.05) is 48.5 Å². The van der Waals surface area contributed by atoms with Crippen molar-refractivity contribution in [1.29, 1.82) is 0 Å². The fourth-order valence-electron chi connectivity index (χ4n) is 8.60. The summed E-state index contributed by atoms with van der Waals surface area (Å²) in [5.74, 6) is 0.961. The Morgan fingerprint density at radius 1 is 0.424 bits per heavy atom. The second-order valence-corrected chi connectivity index (χ2v) is 14.9. The van der Waals surface area contributed by atoms with Crippen molar-refractivity contribution in [3.63, 3.8) is 0 Å². The Morgan fingerprint density at radius 2 is 0.949 bits per heavy atom. The van der Waals surface area contributed by atoms with E-state index in [-0.39, 0.29) is 0 Å². The van der Waals surface area contributed by atoms with Crippen molar-refractivity contribution in [1.82, 2.24) is 13.7 Å². The second-order valence-electron chi connectivity index (χ2n) is 14.9. The zero-order chi connectivity index (χ0) is 39.3. The van der Waals surface area contributed by atoms with Crippen molar-refractivity contribution in [2.75, 3.05) is 0 Å². The first-order valence-electron chi connectivity index (χ1n) is 19.9. The van der Waals surface area contributed by atoms with Crippen molar-refractivity contribution < 1.29 is 0 Å². The number of benzene rings is 8. The molecule has 6 nitrogen and oxygen atoms in total. The smallest absolute Gasteiger partial charge is 0.157 e. The normalized spacial score (nSPS) is 12.4. The summed E-state index contributed by atoms with van der Waals surface area (Å²) in [6.45, 7) is 0.445. The number of aliphatic imine (C=N–C) groups is 2. The van der Waals surface area contributed by atoms with Gasteiger partial charge in [0.1, 0.15) is 5.84 Å². The number of hydrogen-bond donors (Lipinski definition) is 1. The summed E-state index contributed by atoms with van der Waals surface area (Å²) in [7, 11) is 0. The van der Waals surface area contributed by atoms with Gasteiger partial charge >= 0.3 is 0 Å². The number of amidine groups is 2. The molecule has 0 spiro atoms. The van der Waals surface area contributed by atoms with Crippen LogP contribution in [-0.2, 0) is 6.54 Å². The molecule has 6 heteroatoms. The Hall–Kier alpha value is -7.96. The van der Waals surface area contributed by atoms with Crippen LogP contribution >= 0.6 is 0 Å². The van der Waals surface area contributed by atoms with E-state index < -0.39 is 0 Å². The lowest BCUT2D eigenvalue weighted by molar-refractivity contribution is 1.06. The van der Waals surface area contributed by atoms with Crippen LogP contribution in [0.15, 0.2) is 216 Å². The maximum atomic E-state index is 6.83. The standard InChI is InChI=1S/C53H38N6/c54-52(37-18-6-2-7-19-37)56-53(55-35-36-16-4-1-5-17-36)39-30-41(58-47-25-13-10-22-43(47)44-23-11-14-26-48(44)58)33-42(31-39)59-49-27-15-12-24-45(49)46-32-38-28-29-57(50(38)34-51(46)59)40-20-8-3-9-21-40/h1-34H,35H2,(H2,54,55,56). The van der Waals surface area contributed by atoms with Gasteiger partial charge in [-0.15, -0.1) is 0 Å². The zero-order valence-corrected chi connectivity index (χ0v) is 32.2. The van der Waals surface area contributed by atoms with Crippen LogP contribution in [0.5, 0.6) is 0 Å². The molecule has 2 N–H and O–H groups in total. The fourth-order valence-corrected chi connectivity index (χ4v) is 8.60. The molecule has 3 heterocycles.